The van der Waals surface area contributed by atoms with Crippen LogP contribution in [0, 0.1) is 11.6 Å². The van der Waals surface area contributed by atoms with Crippen LogP contribution in [-0.4, -0.2) is 46.3 Å². The maximum atomic E-state index is 15.6. The molecule has 3 atom stereocenters. The molecule has 0 saturated carbocycles. The third-order valence-electron chi connectivity index (χ3n) is 6.87. The Hall–Kier alpha value is -3.03. The van der Waals surface area contributed by atoms with Gasteiger partial charge in [-0.2, -0.15) is 0 Å². The summed E-state index contributed by atoms with van der Waals surface area (Å²) in [7, 11) is 0. The van der Waals surface area contributed by atoms with Crippen LogP contribution in [0.1, 0.15) is 48.2 Å². The zero-order valence-corrected chi connectivity index (χ0v) is 18.4. The van der Waals surface area contributed by atoms with Crippen molar-refractivity contribution in [1.82, 2.24) is 9.88 Å². The molecule has 0 radical (unpaired) electrons. The number of nitrogens with one attached hydrogen (secondary N) is 1. The highest BCUT2D eigenvalue weighted by atomic mass is 19.1. The Balaban J connectivity index is 1.71. The molecule has 5 nitrogen and oxygen atoms in total. The minimum absolute atomic E-state index is 0.0136. The first-order valence-corrected chi connectivity index (χ1v) is 11.3. The van der Waals surface area contributed by atoms with E-state index in [1.165, 1.54) is 18.2 Å². The van der Waals surface area contributed by atoms with Crippen LogP contribution >= 0.6 is 0 Å². The van der Waals surface area contributed by atoms with Crippen LogP contribution < -0.4 is 0 Å². The number of aromatic amines is 1. The fourth-order valence-electron chi connectivity index (χ4n) is 5.42. The Morgan fingerprint density at radius 1 is 1.27 bits per heavy atom. The lowest BCUT2D eigenvalue weighted by molar-refractivity contribution is -0.131. The van der Waals surface area contributed by atoms with Crippen LogP contribution in [0.3, 0.4) is 0 Å². The van der Waals surface area contributed by atoms with Crippen molar-refractivity contribution in [3.63, 3.8) is 0 Å². The van der Waals surface area contributed by atoms with E-state index in [4.69, 9.17) is 9.84 Å². The minimum Gasteiger partial charge on any atom is -0.478 e. The molecule has 33 heavy (non-hydrogen) atoms. The second-order valence-electron chi connectivity index (χ2n) is 8.77. The van der Waals surface area contributed by atoms with Crippen LogP contribution in [0.15, 0.2) is 42.5 Å². The molecule has 5 rings (SSSR count). The number of hydrogen-bond donors (Lipinski definition) is 2. The number of carboxylic acid groups (broad SMARTS) is 1. The summed E-state index contributed by atoms with van der Waals surface area (Å²) in [5.41, 5.74) is 3.03. The number of carbonyl (C=O) groups is 1. The molecular weight excluding hydrogens is 426 g/mol. The van der Waals surface area contributed by atoms with Gasteiger partial charge < -0.3 is 14.8 Å². The van der Waals surface area contributed by atoms with E-state index in [1.54, 1.807) is 0 Å². The van der Waals surface area contributed by atoms with E-state index in [-0.39, 0.29) is 23.2 Å². The van der Waals surface area contributed by atoms with Gasteiger partial charge in [0.25, 0.3) is 0 Å². The average Bonchev–Trinajstić information content (AvgIpc) is 3.44. The Morgan fingerprint density at radius 3 is 2.70 bits per heavy atom. The number of hydrogen-bond acceptors (Lipinski definition) is 3. The maximum Gasteiger partial charge on any atom is 0.328 e. The third-order valence-corrected chi connectivity index (χ3v) is 6.87. The predicted molar refractivity (Wildman–Crippen MR) is 122 cm³/mol. The summed E-state index contributed by atoms with van der Waals surface area (Å²) in [6, 6.07) is 9.92. The molecule has 0 aliphatic carbocycles. The third kappa shape index (κ3) is 3.85. The summed E-state index contributed by atoms with van der Waals surface area (Å²) >= 11 is 0. The van der Waals surface area contributed by atoms with Crippen molar-refractivity contribution in [2.24, 2.45) is 0 Å². The topological polar surface area (TPSA) is 65.6 Å². The summed E-state index contributed by atoms with van der Waals surface area (Å²) < 4.78 is 36.8. The zero-order chi connectivity index (χ0) is 23.1. The second-order valence-corrected chi connectivity index (χ2v) is 8.77. The molecule has 1 unspecified atom stereocenters. The van der Waals surface area contributed by atoms with Crippen LogP contribution in [0.25, 0.3) is 17.0 Å². The lowest BCUT2D eigenvalue weighted by Crippen LogP contribution is -2.50. The average molecular weight is 453 g/mol. The quantitative estimate of drug-likeness (QED) is 0.531. The number of ether oxygens (including phenoxy) is 1. The van der Waals surface area contributed by atoms with Gasteiger partial charge >= 0.3 is 5.97 Å². The van der Waals surface area contributed by atoms with Crippen molar-refractivity contribution in [3.05, 3.63) is 76.5 Å². The predicted octanol–water partition coefficient (Wildman–Crippen LogP) is 5.06. The van der Waals surface area contributed by atoms with E-state index in [0.717, 1.165) is 47.5 Å². The monoisotopic (exact) mass is 452 g/mol. The normalized spacial score (nSPS) is 23.4. The molecule has 0 bridgehead atoms. The molecule has 3 aromatic rings. The summed E-state index contributed by atoms with van der Waals surface area (Å²) in [6.07, 6.45) is 4.52. The fourth-order valence-corrected chi connectivity index (χ4v) is 5.42. The number of para-hydroxylation sites is 1. The molecule has 2 aliphatic rings. The second kappa shape index (κ2) is 8.72. The number of benzene rings is 2. The molecule has 2 N–H and O–H groups in total. The Kier molecular flexibility index (Phi) is 5.76. The molecule has 1 aromatic heterocycles. The van der Waals surface area contributed by atoms with E-state index in [2.05, 4.69) is 22.9 Å². The highest BCUT2D eigenvalue weighted by Crippen LogP contribution is 2.45. The molecule has 2 aliphatic heterocycles. The minimum atomic E-state index is -1.17. The van der Waals surface area contributed by atoms with Gasteiger partial charge in [0.1, 0.15) is 11.6 Å². The first-order valence-electron chi connectivity index (χ1n) is 11.3. The first-order chi connectivity index (χ1) is 16.0. The van der Waals surface area contributed by atoms with Gasteiger partial charge in [0.05, 0.1) is 12.6 Å². The number of rotatable bonds is 5. The standard InChI is InChI=1S/C26H26F2N2O3/c1-2-16-13-19-18-5-3-4-6-22(18)29-25(19)26(30(16)17-9-10-33-14-17)24-20(27)11-15(12-21(24)28)7-8-23(31)32/h3-8,11-12,16-17,26,29H,2,9-10,13-14H2,1H3,(H,31,32)/b8-7+/t16?,17-,26+/m0/s1. The van der Waals surface area contributed by atoms with E-state index in [1.807, 2.05) is 18.2 Å². The van der Waals surface area contributed by atoms with Gasteiger partial charge in [-0.15, -0.1) is 0 Å². The molecule has 2 aromatic carbocycles. The van der Waals surface area contributed by atoms with E-state index < -0.39 is 23.6 Å². The van der Waals surface area contributed by atoms with Gasteiger partial charge in [-0.3, -0.25) is 4.90 Å². The van der Waals surface area contributed by atoms with Crippen molar-refractivity contribution < 1.29 is 23.4 Å². The summed E-state index contributed by atoms with van der Waals surface area (Å²) in [5, 5.41) is 9.95. The molecule has 172 valence electrons. The van der Waals surface area contributed by atoms with Gasteiger partial charge in [0.2, 0.25) is 0 Å². The number of aliphatic carboxylic acids is 1. The van der Waals surface area contributed by atoms with Gasteiger partial charge in [0.15, 0.2) is 0 Å². The van der Waals surface area contributed by atoms with Crippen molar-refractivity contribution >= 4 is 22.9 Å². The first kappa shape index (κ1) is 21.8. The lowest BCUT2D eigenvalue weighted by Gasteiger charge is -2.45. The van der Waals surface area contributed by atoms with Gasteiger partial charge in [-0.05, 0) is 54.7 Å². The summed E-state index contributed by atoms with van der Waals surface area (Å²) in [6.45, 7) is 3.27. The highest BCUT2D eigenvalue weighted by molar-refractivity contribution is 5.86. The molecule has 0 amide bonds. The van der Waals surface area contributed by atoms with Crippen molar-refractivity contribution in [2.45, 2.75) is 44.3 Å². The molecule has 1 fully saturated rings. The number of nitrogens with zero attached hydrogens (tertiary/aromatic N) is 1. The summed E-state index contributed by atoms with van der Waals surface area (Å²) in [5.74, 6) is -2.54. The zero-order valence-electron chi connectivity index (χ0n) is 18.4. The van der Waals surface area contributed by atoms with E-state index >= 15 is 8.78 Å². The lowest BCUT2D eigenvalue weighted by atomic mass is 9.85. The number of H-pyrrole nitrogens is 1. The summed E-state index contributed by atoms with van der Waals surface area (Å²) in [4.78, 5) is 16.5. The van der Waals surface area contributed by atoms with Crippen LogP contribution in [0.4, 0.5) is 8.78 Å². The molecule has 1 saturated heterocycles. The highest BCUT2D eigenvalue weighted by Gasteiger charge is 2.43. The number of carboxylic acids is 1. The van der Waals surface area contributed by atoms with Gasteiger partial charge in [-0.1, -0.05) is 25.1 Å². The smallest absolute Gasteiger partial charge is 0.328 e. The number of halogens is 2. The maximum absolute atomic E-state index is 15.6. The van der Waals surface area contributed by atoms with E-state index in [0.29, 0.717) is 13.2 Å². The van der Waals surface area contributed by atoms with Gasteiger partial charge in [0, 0.05) is 46.9 Å². The van der Waals surface area contributed by atoms with Crippen molar-refractivity contribution in [2.75, 3.05) is 13.2 Å². The Morgan fingerprint density at radius 2 is 2.03 bits per heavy atom. The van der Waals surface area contributed by atoms with Crippen LogP contribution in [0.5, 0.6) is 0 Å². The van der Waals surface area contributed by atoms with Crippen molar-refractivity contribution in [3.8, 4) is 0 Å². The van der Waals surface area contributed by atoms with Crippen LogP contribution in [0.2, 0.25) is 0 Å². The van der Waals surface area contributed by atoms with E-state index in [9.17, 15) is 4.79 Å². The largest absolute Gasteiger partial charge is 0.478 e. The SMILES string of the molecule is CCC1Cc2c([nH]c3ccccc23)[C@@H](c2c(F)cc(/C=C/C(=O)O)cc2F)N1[C@H]1CCOC1. The molecule has 0 spiro atoms. The fraction of sp³-hybridized carbons (Fsp3) is 0.346. The molecular formula is C26H26F2N2O3. The number of fused-ring (bicyclic) bond motifs is 3. The van der Waals surface area contributed by atoms with Crippen molar-refractivity contribution in [1.29, 1.82) is 0 Å². The van der Waals surface area contributed by atoms with Gasteiger partial charge in [-0.25, -0.2) is 13.6 Å². The molecule has 7 heteroatoms. The molecule has 3 heterocycles. The number of aromatic nitrogens is 1. The van der Waals surface area contributed by atoms with Crippen LogP contribution in [-0.2, 0) is 16.0 Å². The Labute approximate surface area is 190 Å². The Bertz CT molecular complexity index is 1210.